The van der Waals surface area contributed by atoms with Gasteiger partial charge in [-0.05, 0) is 24.3 Å². The number of methoxy groups -OCH3 is 1. The van der Waals surface area contributed by atoms with Gasteiger partial charge in [-0.2, -0.15) is 9.57 Å². The molecule has 1 atom stereocenters. The van der Waals surface area contributed by atoms with Crippen LogP contribution in [0.1, 0.15) is 17.2 Å². The van der Waals surface area contributed by atoms with E-state index in [1.165, 1.54) is 22.5 Å². The molecule has 1 fully saturated rings. The summed E-state index contributed by atoms with van der Waals surface area (Å²) in [5, 5.41) is 12.4. The third-order valence-corrected chi connectivity index (χ3v) is 6.58. The highest BCUT2D eigenvalue weighted by Gasteiger charge is 2.35. The van der Waals surface area contributed by atoms with Gasteiger partial charge in [0.15, 0.2) is 0 Å². The fourth-order valence-corrected chi connectivity index (χ4v) is 4.98. The number of rotatable bonds is 4. The Bertz CT molecular complexity index is 961. The van der Waals surface area contributed by atoms with Crippen molar-refractivity contribution in [3.05, 3.63) is 58.6 Å². The Morgan fingerprint density at radius 3 is 2.70 bits per heavy atom. The minimum Gasteiger partial charge on any atom is -0.496 e. The molecule has 2 aromatic rings. The lowest BCUT2D eigenvalue weighted by atomic mass is 10.0. The van der Waals surface area contributed by atoms with Crippen molar-refractivity contribution in [2.24, 2.45) is 0 Å². The minimum absolute atomic E-state index is 0. The van der Waals surface area contributed by atoms with Crippen molar-refractivity contribution in [3.63, 3.8) is 0 Å². The molecule has 1 aliphatic heterocycles. The number of sulfonamides is 1. The van der Waals surface area contributed by atoms with Crippen molar-refractivity contribution < 1.29 is 13.2 Å². The van der Waals surface area contributed by atoms with Gasteiger partial charge >= 0.3 is 0 Å². The van der Waals surface area contributed by atoms with Crippen molar-refractivity contribution in [1.29, 1.82) is 5.26 Å². The zero-order chi connectivity index (χ0) is 18.7. The molecule has 2 aromatic carbocycles. The zero-order valence-corrected chi connectivity index (χ0v) is 16.9. The van der Waals surface area contributed by atoms with Crippen LogP contribution in [0.5, 0.6) is 5.75 Å². The Morgan fingerprint density at radius 2 is 2.04 bits per heavy atom. The van der Waals surface area contributed by atoms with Crippen LogP contribution in [0.25, 0.3) is 0 Å². The molecule has 0 aromatic heterocycles. The Kier molecular flexibility index (Phi) is 7.09. The van der Waals surface area contributed by atoms with Crippen LogP contribution in [0.4, 0.5) is 0 Å². The first-order chi connectivity index (χ1) is 12.5. The number of piperazine rings is 1. The Morgan fingerprint density at radius 1 is 1.30 bits per heavy atom. The molecule has 0 saturated carbocycles. The molecule has 6 nitrogen and oxygen atoms in total. The highest BCUT2D eigenvalue weighted by atomic mass is 35.5. The van der Waals surface area contributed by atoms with E-state index in [1.807, 2.05) is 30.3 Å². The van der Waals surface area contributed by atoms with E-state index in [-0.39, 0.29) is 27.9 Å². The van der Waals surface area contributed by atoms with E-state index in [9.17, 15) is 8.42 Å². The van der Waals surface area contributed by atoms with Gasteiger partial charge in [-0.1, -0.05) is 29.8 Å². The molecule has 1 aliphatic rings. The van der Waals surface area contributed by atoms with Crippen molar-refractivity contribution in [2.75, 3.05) is 26.7 Å². The first-order valence-electron chi connectivity index (χ1n) is 8.04. The van der Waals surface area contributed by atoms with E-state index in [1.54, 1.807) is 7.11 Å². The number of benzene rings is 2. The summed E-state index contributed by atoms with van der Waals surface area (Å²) in [6.07, 6.45) is 0. The molecular formula is C18H19Cl2N3O3S. The molecule has 1 heterocycles. The van der Waals surface area contributed by atoms with Gasteiger partial charge in [-0.25, -0.2) is 8.42 Å². The highest BCUT2D eigenvalue weighted by Crippen LogP contribution is 2.34. The minimum atomic E-state index is -3.79. The van der Waals surface area contributed by atoms with Crippen molar-refractivity contribution in [3.8, 4) is 11.8 Å². The number of ether oxygens (including phenoxy) is 1. The summed E-state index contributed by atoms with van der Waals surface area (Å²) in [6.45, 7) is 1.35. The Labute approximate surface area is 170 Å². The first kappa shape index (κ1) is 21.5. The van der Waals surface area contributed by atoms with E-state index in [0.29, 0.717) is 25.4 Å². The summed E-state index contributed by atoms with van der Waals surface area (Å²) in [7, 11) is -2.22. The quantitative estimate of drug-likeness (QED) is 0.810. The van der Waals surface area contributed by atoms with Gasteiger partial charge in [-0.3, -0.25) is 0 Å². The average molecular weight is 428 g/mol. The number of halogens is 2. The second-order valence-corrected chi connectivity index (χ2v) is 8.13. The summed E-state index contributed by atoms with van der Waals surface area (Å²) < 4.78 is 33.3. The summed E-state index contributed by atoms with van der Waals surface area (Å²) in [5.41, 5.74) is 1.04. The molecule has 1 unspecified atom stereocenters. The standard InChI is InChI=1S/C18H18ClN3O3S.ClH/c1-25-18-5-3-2-4-15(18)17-12-21-8-9-22(17)26(23,24)14-7-6-13(11-20)16(19)10-14;/h2-7,10,17,21H,8-9,12H2,1H3;1H. The van der Waals surface area contributed by atoms with Crippen LogP contribution in [0, 0.1) is 11.3 Å². The van der Waals surface area contributed by atoms with Crippen LogP contribution in [0.2, 0.25) is 5.02 Å². The Balaban J connectivity index is 0.00000261. The lowest BCUT2D eigenvalue weighted by Crippen LogP contribution is -2.48. The molecule has 1 saturated heterocycles. The fraction of sp³-hybridized carbons (Fsp3) is 0.278. The number of hydrogen-bond donors (Lipinski definition) is 1. The van der Waals surface area contributed by atoms with Crippen molar-refractivity contribution in [1.82, 2.24) is 9.62 Å². The fourth-order valence-electron chi connectivity index (χ4n) is 3.06. The molecule has 27 heavy (non-hydrogen) atoms. The van der Waals surface area contributed by atoms with Crippen LogP contribution in [-0.2, 0) is 10.0 Å². The predicted octanol–water partition coefficient (Wildman–Crippen LogP) is 2.98. The normalized spacial score (nSPS) is 17.6. The molecule has 0 radical (unpaired) electrons. The molecule has 9 heteroatoms. The number of hydrogen-bond acceptors (Lipinski definition) is 5. The topological polar surface area (TPSA) is 82.4 Å². The summed E-state index contributed by atoms with van der Waals surface area (Å²) >= 11 is 6.04. The van der Waals surface area contributed by atoms with E-state index < -0.39 is 16.1 Å². The van der Waals surface area contributed by atoms with Gasteiger partial charge in [-0.15, -0.1) is 12.4 Å². The summed E-state index contributed by atoms with van der Waals surface area (Å²) in [4.78, 5) is 0.0725. The van der Waals surface area contributed by atoms with Gasteiger partial charge < -0.3 is 10.1 Å². The Hall–Kier alpha value is -1.82. The number of nitriles is 1. The van der Waals surface area contributed by atoms with E-state index in [2.05, 4.69) is 5.32 Å². The molecule has 0 bridgehead atoms. The van der Waals surface area contributed by atoms with Gasteiger partial charge in [0.05, 0.1) is 28.6 Å². The maximum atomic E-state index is 13.2. The lowest BCUT2D eigenvalue weighted by Gasteiger charge is -2.36. The SMILES string of the molecule is COc1ccccc1C1CNCCN1S(=O)(=O)c1ccc(C#N)c(Cl)c1.Cl. The van der Waals surface area contributed by atoms with E-state index in [0.717, 1.165) is 5.56 Å². The largest absolute Gasteiger partial charge is 0.496 e. The van der Waals surface area contributed by atoms with Crippen LogP contribution in [-0.4, -0.2) is 39.5 Å². The van der Waals surface area contributed by atoms with E-state index >= 15 is 0 Å². The third kappa shape index (κ3) is 4.21. The second kappa shape index (κ2) is 8.91. The van der Waals surface area contributed by atoms with Crippen LogP contribution < -0.4 is 10.1 Å². The van der Waals surface area contributed by atoms with Crippen molar-refractivity contribution >= 4 is 34.0 Å². The highest BCUT2D eigenvalue weighted by molar-refractivity contribution is 7.89. The maximum Gasteiger partial charge on any atom is 0.243 e. The van der Waals surface area contributed by atoms with E-state index in [4.69, 9.17) is 21.6 Å². The first-order valence-corrected chi connectivity index (χ1v) is 9.86. The predicted molar refractivity (Wildman–Crippen MR) is 106 cm³/mol. The number of nitrogens with one attached hydrogen (secondary N) is 1. The molecule has 3 rings (SSSR count). The molecular weight excluding hydrogens is 409 g/mol. The van der Waals surface area contributed by atoms with Gasteiger partial charge in [0.2, 0.25) is 10.0 Å². The van der Waals surface area contributed by atoms with Crippen LogP contribution >= 0.6 is 24.0 Å². The molecule has 0 amide bonds. The smallest absolute Gasteiger partial charge is 0.243 e. The van der Waals surface area contributed by atoms with Crippen LogP contribution in [0.3, 0.4) is 0 Å². The molecule has 0 spiro atoms. The second-order valence-electron chi connectivity index (χ2n) is 5.83. The zero-order valence-electron chi connectivity index (χ0n) is 14.6. The number of para-hydroxylation sites is 1. The third-order valence-electron chi connectivity index (χ3n) is 4.36. The van der Waals surface area contributed by atoms with Gasteiger partial charge in [0.25, 0.3) is 0 Å². The summed E-state index contributed by atoms with van der Waals surface area (Å²) in [6, 6.07) is 13.1. The van der Waals surface area contributed by atoms with Gasteiger partial charge in [0, 0.05) is 25.2 Å². The maximum absolute atomic E-state index is 13.2. The van der Waals surface area contributed by atoms with Crippen molar-refractivity contribution in [2.45, 2.75) is 10.9 Å². The monoisotopic (exact) mass is 427 g/mol. The number of nitrogens with zero attached hydrogens (tertiary/aromatic N) is 2. The lowest BCUT2D eigenvalue weighted by molar-refractivity contribution is 0.264. The van der Waals surface area contributed by atoms with Crippen LogP contribution in [0.15, 0.2) is 47.4 Å². The molecule has 1 N–H and O–H groups in total. The van der Waals surface area contributed by atoms with Gasteiger partial charge in [0.1, 0.15) is 11.8 Å². The summed E-state index contributed by atoms with van der Waals surface area (Å²) in [5.74, 6) is 0.638. The molecule has 0 aliphatic carbocycles. The average Bonchev–Trinajstić information content (AvgIpc) is 2.67. The molecule has 144 valence electrons.